The predicted octanol–water partition coefficient (Wildman–Crippen LogP) is 2.08. The summed E-state index contributed by atoms with van der Waals surface area (Å²) in [6.07, 6.45) is 3.53. The Morgan fingerprint density at radius 3 is 2.69 bits per heavy atom. The highest BCUT2D eigenvalue weighted by Crippen LogP contribution is 2.12. The first-order chi connectivity index (χ1) is 7.37. The van der Waals surface area contributed by atoms with Gasteiger partial charge in [0.25, 0.3) is 0 Å². The van der Waals surface area contributed by atoms with Crippen LogP contribution >= 0.6 is 15.9 Å². The van der Waals surface area contributed by atoms with Gasteiger partial charge in [-0.25, -0.2) is 13.4 Å². The second kappa shape index (κ2) is 5.63. The molecule has 0 saturated heterocycles. The Labute approximate surface area is 105 Å². The van der Waals surface area contributed by atoms with E-state index in [-0.39, 0.29) is 11.8 Å². The molecule has 1 N–H and O–H groups in total. The lowest BCUT2D eigenvalue weighted by Crippen LogP contribution is -2.19. The molecule has 0 amide bonds. The zero-order valence-electron chi connectivity index (χ0n) is 9.27. The summed E-state index contributed by atoms with van der Waals surface area (Å²) in [4.78, 5) is 4.16. The molecule has 0 bridgehead atoms. The van der Waals surface area contributed by atoms with Crippen LogP contribution in [0.5, 0.6) is 0 Å². The van der Waals surface area contributed by atoms with Crippen LogP contribution in [0.4, 0.5) is 5.82 Å². The lowest BCUT2D eigenvalue weighted by molar-refractivity contribution is 0.595. The summed E-state index contributed by atoms with van der Waals surface area (Å²) in [7, 11) is -2.89. The van der Waals surface area contributed by atoms with Gasteiger partial charge in [-0.1, -0.05) is 0 Å². The highest BCUT2D eigenvalue weighted by Gasteiger charge is 2.07. The lowest BCUT2D eigenvalue weighted by Gasteiger charge is -2.13. The maximum Gasteiger partial charge on any atom is 0.147 e. The fourth-order valence-electron chi connectivity index (χ4n) is 1.18. The fourth-order valence-corrected chi connectivity index (χ4v) is 2.19. The molecule has 0 aromatic carbocycles. The highest BCUT2D eigenvalue weighted by molar-refractivity contribution is 9.10. The molecule has 0 saturated carbocycles. The average molecular weight is 307 g/mol. The Morgan fingerprint density at radius 2 is 2.19 bits per heavy atom. The second-order valence-electron chi connectivity index (χ2n) is 3.83. The molecule has 0 radical (unpaired) electrons. The van der Waals surface area contributed by atoms with Gasteiger partial charge in [-0.2, -0.15) is 0 Å². The largest absolute Gasteiger partial charge is 0.368 e. The SMILES string of the molecule is CC(CCS(C)(=O)=O)Nc1ccc(Br)cn1. The van der Waals surface area contributed by atoms with E-state index < -0.39 is 9.84 Å². The van der Waals surface area contributed by atoms with Crippen molar-refractivity contribution in [1.29, 1.82) is 0 Å². The molecule has 0 aliphatic heterocycles. The van der Waals surface area contributed by atoms with Crippen molar-refractivity contribution < 1.29 is 8.42 Å². The van der Waals surface area contributed by atoms with E-state index in [9.17, 15) is 8.42 Å². The Balaban J connectivity index is 2.45. The minimum absolute atomic E-state index is 0.0865. The number of anilines is 1. The smallest absolute Gasteiger partial charge is 0.147 e. The number of nitrogens with zero attached hydrogens (tertiary/aromatic N) is 1. The third-order valence-electron chi connectivity index (χ3n) is 2.04. The Kier molecular flexibility index (Phi) is 4.73. The van der Waals surface area contributed by atoms with E-state index >= 15 is 0 Å². The van der Waals surface area contributed by atoms with E-state index in [1.54, 1.807) is 6.20 Å². The van der Waals surface area contributed by atoms with Crippen molar-refractivity contribution in [3.8, 4) is 0 Å². The van der Waals surface area contributed by atoms with E-state index in [0.717, 1.165) is 10.3 Å². The number of rotatable bonds is 5. The zero-order valence-corrected chi connectivity index (χ0v) is 11.7. The van der Waals surface area contributed by atoms with Gasteiger partial charge in [-0.05, 0) is 41.4 Å². The molecule has 16 heavy (non-hydrogen) atoms. The van der Waals surface area contributed by atoms with Crippen LogP contribution in [0.25, 0.3) is 0 Å². The van der Waals surface area contributed by atoms with E-state index in [2.05, 4.69) is 26.2 Å². The molecule has 0 spiro atoms. The van der Waals surface area contributed by atoms with Crippen LogP contribution in [0, 0.1) is 0 Å². The van der Waals surface area contributed by atoms with Gasteiger partial charge in [0.05, 0.1) is 5.75 Å². The van der Waals surface area contributed by atoms with Gasteiger partial charge in [-0.3, -0.25) is 0 Å². The number of sulfone groups is 1. The first kappa shape index (κ1) is 13.4. The number of hydrogen-bond acceptors (Lipinski definition) is 4. The molecule has 6 heteroatoms. The molecule has 1 atom stereocenters. The van der Waals surface area contributed by atoms with Crippen LogP contribution in [0.1, 0.15) is 13.3 Å². The van der Waals surface area contributed by atoms with Crippen LogP contribution in [0.15, 0.2) is 22.8 Å². The highest BCUT2D eigenvalue weighted by atomic mass is 79.9. The van der Waals surface area contributed by atoms with E-state index in [1.165, 1.54) is 6.26 Å². The fraction of sp³-hybridized carbons (Fsp3) is 0.500. The van der Waals surface area contributed by atoms with Gasteiger partial charge in [0, 0.05) is 23.0 Å². The van der Waals surface area contributed by atoms with Gasteiger partial charge >= 0.3 is 0 Å². The van der Waals surface area contributed by atoms with Crippen molar-refractivity contribution >= 4 is 31.6 Å². The van der Waals surface area contributed by atoms with Gasteiger partial charge in [0.2, 0.25) is 0 Å². The summed E-state index contributed by atoms with van der Waals surface area (Å²) in [5.74, 6) is 0.946. The normalized spacial score (nSPS) is 13.4. The molecule has 1 unspecified atom stereocenters. The monoisotopic (exact) mass is 306 g/mol. The molecular weight excluding hydrogens is 292 g/mol. The zero-order chi connectivity index (χ0) is 12.2. The molecule has 0 aliphatic rings. The molecule has 4 nitrogen and oxygen atoms in total. The molecule has 1 rings (SSSR count). The topological polar surface area (TPSA) is 59.1 Å². The minimum atomic E-state index is -2.89. The Bertz CT molecular complexity index is 431. The number of halogens is 1. The van der Waals surface area contributed by atoms with Crippen molar-refractivity contribution in [3.05, 3.63) is 22.8 Å². The molecule has 1 heterocycles. The standard InChI is InChI=1S/C10H15BrN2O2S/c1-8(5-6-16(2,14)15)13-10-4-3-9(11)7-12-10/h3-4,7-8H,5-6H2,1-2H3,(H,12,13). The summed E-state index contributed by atoms with van der Waals surface area (Å²) in [6.45, 7) is 1.94. The first-order valence-electron chi connectivity index (χ1n) is 4.92. The minimum Gasteiger partial charge on any atom is -0.368 e. The number of aromatic nitrogens is 1. The first-order valence-corrected chi connectivity index (χ1v) is 7.78. The lowest BCUT2D eigenvalue weighted by atomic mass is 10.2. The number of pyridine rings is 1. The number of nitrogens with one attached hydrogen (secondary N) is 1. The van der Waals surface area contributed by atoms with Crippen molar-refractivity contribution in [1.82, 2.24) is 4.98 Å². The van der Waals surface area contributed by atoms with E-state index in [4.69, 9.17) is 0 Å². The Morgan fingerprint density at radius 1 is 1.50 bits per heavy atom. The van der Waals surface area contributed by atoms with Crippen molar-refractivity contribution in [2.75, 3.05) is 17.3 Å². The van der Waals surface area contributed by atoms with Gasteiger partial charge in [0.15, 0.2) is 0 Å². The van der Waals surface area contributed by atoms with E-state index in [1.807, 2.05) is 19.1 Å². The molecular formula is C10H15BrN2O2S. The number of hydrogen-bond donors (Lipinski definition) is 1. The van der Waals surface area contributed by atoms with Crippen LogP contribution in [0.2, 0.25) is 0 Å². The molecule has 90 valence electrons. The third kappa shape index (κ3) is 5.46. The van der Waals surface area contributed by atoms with Gasteiger partial charge < -0.3 is 5.32 Å². The third-order valence-corrected chi connectivity index (χ3v) is 3.49. The molecule has 1 aromatic rings. The van der Waals surface area contributed by atoms with Crippen LogP contribution in [-0.2, 0) is 9.84 Å². The predicted molar refractivity (Wildman–Crippen MR) is 69.3 cm³/mol. The van der Waals surface area contributed by atoms with Crippen molar-refractivity contribution in [2.45, 2.75) is 19.4 Å². The quantitative estimate of drug-likeness (QED) is 0.905. The van der Waals surface area contributed by atoms with Gasteiger partial charge in [-0.15, -0.1) is 0 Å². The van der Waals surface area contributed by atoms with Crippen molar-refractivity contribution in [3.63, 3.8) is 0 Å². The second-order valence-corrected chi connectivity index (χ2v) is 7.00. The molecule has 0 fully saturated rings. The summed E-state index contributed by atoms with van der Waals surface area (Å²) < 4.78 is 22.9. The van der Waals surface area contributed by atoms with Crippen LogP contribution in [0.3, 0.4) is 0 Å². The van der Waals surface area contributed by atoms with Crippen LogP contribution < -0.4 is 5.32 Å². The molecule has 0 aliphatic carbocycles. The molecule has 1 aromatic heterocycles. The van der Waals surface area contributed by atoms with E-state index in [0.29, 0.717) is 6.42 Å². The van der Waals surface area contributed by atoms with Crippen LogP contribution in [-0.4, -0.2) is 31.5 Å². The maximum absolute atomic E-state index is 11.0. The summed E-state index contributed by atoms with van der Waals surface area (Å²) >= 11 is 3.30. The summed E-state index contributed by atoms with van der Waals surface area (Å²) in [5.41, 5.74) is 0. The average Bonchev–Trinajstić information content (AvgIpc) is 2.18. The summed E-state index contributed by atoms with van der Waals surface area (Å²) in [6, 6.07) is 3.82. The van der Waals surface area contributed by atoms with Crippen molar-refractivity contribution in [2.24, 2.45) is 0 Å². The van der Waals surface area contributed by atoms with Gasteiger partial charge in [0.1, 0.15) is 15.7 Å². The Hall–Kier alpha value is -0.620. The summed E-state index contributed by atoms with van der Waals surface area (Å²) in [5, 5.41) is 3.15. The maximum atomic E-state index is 11.0.